The van der Waals surface area contributed by atoms with Crippen LogP contribution in [0.2, 0.25) is 0 Å². The van der Waals surface area contributed by atoms with Gasteiger partial charge in [0.1, 0.15) is 12.4 Å². The van der Waals surface area contributed by atoms with Crippen LogP contribution in [0.3, 0.4) is 0 Å². The molecule has 1 aromatic heterocycles. The SMILES string of the molecule is Cc1ccc(C2CC2)c(CN(C(=O)c2c(C(F)F)n[nH]c2CF)C2CC2)c1. The summed E-state index contributed by atoms with van der Waals surface area (Å²) in [4.78, 5) is 14.8. The van der Waals surface area contributed by atoms with Gasteiger partial charge in [0.25, 0.3) is 12.3 Å². The number of amides is 1. The first-order valence-corrected chi connectivity index (χ1v) is 9.31. The fraction of sp³-hybridized carbons (Fsp3) is 0.500. The van der Waals surface area contributed by atoms with Gasteiger partial charge in [0.2, 0.25) is 0 Å². The van der Waals surface area contributed by atoms with Crippen LogP contribution in [0.15, 0.2) is 18.2 Å². The second-order valence-electron chi connectivity index (χ2n) is 7.54. The summed E-state index contributed by atoms with van der Waals surface area (Å²) in [5, 5.41) is 5.74. The number of nitrogens with one attached hydrogen (secondary N) is 1. The van der Waals surface area contributed by atoms with Crippen LogP contribution in [0, 0.1) is 6.92 Å². The number of nitrogens with zero attached hydrogens (tertiary/aromatic N) is 2. The van der Waals surface area contributed by atoms with Crippen LogP contribution < -0.4 is 0 Å². The molecule has 4 nitrogen and oxygen atoms in total. The Morgan fingerprint density at radius 3 is 2.63 bits per heavy atom. The first kappa shape index (κ1) is 18.1. The Morgan fingerprint density at radius 2 is 2.04 bits per heavy atom. The Kier molecular flexibility index (Phi) is 4.70. The zero-order valence-electron chi connectivity index (χ0n) is 15.1. The third-order valence-electron chi connectivity index (χ3n) is 5.33. The molecule has 2 aliphatic carbocycles. The van der Waals surface area contributed by atoms with Gasteiger partial charge in [-0.2, -0.15) is 5.10 Å². The number of aromatic amines is 1. The van der Waals surface area contributed by atoms with Gasteiger partial charge in [-0.1, -0.05) is 23.8 Å². The number of alkyl halides is 3. The van der Waals surface area contributed by atoms with Crippen molar-refractivity contribution < 1.29 is 18.0 Å². The normalized spacial score (nSPS) is 16.8. The van der Waals surface area contributed by atoms with E-state index in [0.717, 1.165) is 36.8 Å². The van der Waals surface area contributed by atoms with E-state index in [-0.39, 0.29) is 17.3 Å². The highest BCUT2D eigenvalue weighted by Gasteiger charge is 2.38. The van der Waals surface area contributed by atoms with Gasteiger partial charge in [-0.25, -0.2) is 13.2 Å². The standard InChI is InChI=1S/C20H22F3N3O/c1-11-2-7-15(12-3-4-12)13(8-11)10-26(14-5-6-14)20(27)17-16(9-21)24-25-18(17)19(22)23/h2,7-8,12,14,19H,3-6,9-10H2,1H3,(H,24,25). The number of hydrogen-bond acceptors (Lipinski definition) is 2. The molecule has 144 valence electrons. The van der Waals surface area contributed by atoms with E-state index in [9.17, 15) is 18.0 Å². The number of aromatic nitrogens is 2. The van der Waals surface area contributed by atoms with Crippen LogP contribution in [-0.2, 0) is 13.2 Å². The maximum Gasteiger partial charge on any atom is 0.282 e. The summed E-state index contributed by atoms with van der Waals surface area (Å²) in [6, 6.07) is 6.24. The molecule has 1 N–H and O–H groups in total. The summed E-state index contributed by atoms with van der Waals surface area (Å²) >= 11 is 0. The Morgan fingerprint density at radius 1 is 1.30 bits per heavy atom. The number of hydrogen-bond donors (Lipinski definition) is 1. The second-order valence-corrected chi connectivity index (χ2v) is 7.54. The molecule has 2 fully saturated rings. The van der Waals surface area contributed by atoms with Crippen molar-refractivity contribution in [3.05, 3.63) is 51.8 Å². The number of carbonyl (C=O) groups is 1. The number of rotatable bonds is 7. The van der Waals surface area contributed by atoms with E-state index in [4.69, 9.17) is 0 Å². The van der Waals surface area contributed by atoms with Crippen molar-refractivity contribution >= 4 is 5.91 Å². The van der Waals surface area contributed by atoms with Gasteiger partial charge in [0, 0.05) is 12.6 Å². The Labute approximate surface area is 155 Å². The summed E-state index contributed by atoms with van der Waals surface area (Å²) in [6.07, 6.45) is 1.02. The lowest BCUT2D eigenvalue weighted by Crippen LogP contribution is -2.34. The third-order valence-corrected chi connectivity index (χ3v) is 5.33. The first-order valence-electron chi connectivity index (χ1n) is 9.31. The molecule has 7 heteroatoms. The van der Waals surface area contributed by atoms with Gasteiger partial charge in [-0.15, -0.1) is 0 Å². The number of halogens is 3. The van der Waals surface area contributed by atoms with E-state index in [0.29, 0.717) is 12.5 Å². The first-order chi connectivity index (χ1) is 13.0. The van der Waals surface area contributed by atoms with Crippen LogP contribution in [0.1, 0.15) is 76.5 Å². The molecule has 2 saturated carbocycles. The molecule has 27 heavy (non-hydrogen) atoms. The minimum atomic E-state index is -2.93. The molecule has 0 spiro atoms. The molecular formula is C20H22F3N3O. The van der Waals surface area contributed by atoms with E-state index in [1.165, 1.54) is 5.56 Å². The topological polar surface area (TPSA) is 49.0 Å². The van der Waals surface area contributed by atoms with Crippen molar-refractivity contribution in [2.24, 2.45) is 0 Å². The Balaban J connectivity index is 1.68. The van der Waals surface area contributed by atoms with Crippen molar-refractivity contribution in [1.29, 1.82) is 0 Å². The minimum absolute atomic E-state index is 0.0120. The molecule has 1 amide bonds. The molecule has 0 aliphatic heterocycles. The summed E-state index contributed by atoms with van der Waals surface area (Å²) in [5.74, 6) is -0.0406. The van der Waals surface area contributed by atoms with Crippen LogP contribution >= 0.6 is 0 Å². The molecule has 2 aliphatic rings. The van der Waals surface area contributed by atoms with Crippen LogP contribution in [0.25, 0.3) is 0 Å². The zero-order chi connectivity index (χ0) is 19.1. The quantitative estimate of drug-likeness (QED) is 0.753. The van der Waals surface area contributed by atoms with Crippen molar-refractivity contribution in [2.75, 3.05) is 0 Å². The second kappa shape index (κ2) is 7.02. The van der Waals surface area contributed by atoms with Crippen molar-refractivity contribution in [2.45, 2.75) is 64.2 Å². The molecule has 0 unspecified atom stereocenters. The zero-order valence-corrected chi connectivity index (χ0v) is 15.1. The number of H-pyrrole nitrogens is 1. The van der Waals surface area contributed by atoms with Gasteiger partial charge in [-0.05, 0) is 49.7 Å². The average molecular weight is 377 g/mol. The van der Waals surface area contributed by atoms with Gasteiger partial charge in [0.05, 0.1) is 11.3 Å². The maximum absolute atomic E-state index is 13.3. The molecule has 0 atom stereocenters. The smallest absolute Gasteiger partial charge is 0.282 e. The predicted molar refractivity (Wildman–Crippen MR) is 94.4 cm³/mol. The lowest BCUT2D eigenvalue weighted by molar-refractivity contribution is 0.0715. The van der Waals surface area contributed by atoms with Crippen LogP contribution in [0.5, 0.6) is 0 Å². The van der Waals surface area contributed by atoms with E-state index >= 15 is 0 Å². The number of benzene rings is 1. The molecular weight excluding hydrogens is 355 g/mol. The summed E-state index contributed by atoms with van der Waals surface area (Å²) in [7, 11) is 0. The van der Waals surface area contributed by atoms with E-state index in [1.54, 1.807) is 4.90 Å². The molecule has 2 aromatic rings. The van der Waals surface area contributed by atoms with Crippen molar-refractivity contribution in [3.63, 3.8) is 0 Å². The van der Waals surface area contributed by atoms with Crippen molar-refractivity contribution in [1.82, 2.24) is 15.1 Å². The third kappa shape index (κ3) is 3.59. The van der Waals surface area contributed by atoms with E-state index < -0.39 is 24.7 Å². The molecule has 1 aromatic carbocycles. The summed E-state index contributed by atoms with van der Waals surface area (Å²) < 4.78 is 39.9. The molecule has 0 bridgehead atoms. The maximum atomic E-state index is 13.3. The van der Waals surface area contributed by atoms with Gasteiger partial charge < -0.3 is 4.90 Å². The highest BCUT2D eigenvalue weighted by Crippen LogP contribution is 2.43. The monoisotopic (exact) mass is 377 g/mol. The number of aryl methyl sites for hydroxylation is 1. The van der Waals surface area contributed by atoms with Crippen LogP contribution in [0.4, 0.5) is 13.2 Å². The van der Waals surface area contributed by atoms with Gasteiger partial charge in [-0.3, -0.25) is 9.89 Å². The summed E-state index contributed by atoms with van der Waals surface area (Å²) in [6.45, 7) is 1.32. The molecule has 4 rings (SSSR count). The average Bonchev–Trinajstić information content (AvgIpc) is 3.56. The fourth-order valence-corrected chi connectivity index (χ4v) is 3.63. The molecule has 0 radical (unpaired) electrons. The van der Waals surface area contributed by atoms with E-state index in [2.05, 4.69) is 28.4 Å². The number of carbonyl (C=O) groups excluding carboxylic acids is 1. The highest BCUT2D eigenvalue weighted by atomic mass is 19.3. The van der Waals surface area contributed by atoms with E-state index in [1.807, 2.05) is 6.92 Å². The summed E-state index contributed by atoms with van der Waals surface area (Å²) in [5.41, 5.74) is 2.24. The van der Waals surface area contributed by atoms with Gasteiger partial charge >= 0.3 is 0 Å². The largest absolute Gasteiger partial charge is 0.331 e. The minimum Gasteiger partial charge on any atom is -0.331 e. The van der Waals surface area contributed by atoms with Gasteiger partial charge in [0.15, 0.2) is 0 Å². The van der Waals surface area contributed by atoms with Crippen molar-refractivity contribution in [3.8, 4) is 0 Å². The Bertz CT molecular complexity index is 856. The Hall–Kier alpha value is -2.31. The fourth-order valence-electron chi connectivity index (χ4n) is 3.63. The van der Waals surface area contributed by atoms with Crippen LogP contribution in [-0.4, -0.2) is 27.0 Å². The molecule has 1 heterocycles. The molecule has 0 saturated heterocycles. The highest BCUT2D eigenvalue weighted by molar-refractivity contribution is 5.97. The predicted octanol–water partition coefficient (Wildman–Crippen LogP) is 4.81. The lowest BCUT2D eigenvalue weighted by atomic mass is 9.99. The lowest BCUT2D eigenvalue weighted by Gasteiger charge is -2.25.